The highest BCUT2D eigenvalue weighted by atomic mass is 32.2. The maximum Gasteiger partial charge on any atom is 0.282 e. The van der Waals surface area contributed by atoms with E-state index in [0.717, 1.165) is 31.9 Å². The summed E-state index contributed by atoms with van der Waals surface area (Å²) in [5, 5.41) is 0.0455. The fourth-order valence-electron chi connectivity index (χ4n) is 2.32. The summed E-state index contributed by atoms with van der Waals surface area (Å²) in [5.74, 6) is 0.905. The van der Waals surface area contributed by atoms with Crippen molar-refractivity contribution in [2.24, 2.45) is 0 Å². The first-order valence-electron chi connectivity index (χ1n) is 6.51. The minimum absolute atomic E-state index is 0.0455. The number of thioether (sulfide) groups is 1. The Hall–Kier alpha value is -0.750. The molecule has 2 saturated heterocycles. The number of hydrogen-bond donors (Lipinski definition) is 0. The molecule has 0 saturated carbocycles. The van der Waals surface area contributed by atoms with Crippen molar-refractivity contribution in [3.8, 4) is 0 Å². The molecule has 6 heteroatoms. The van der Waals surface area contributed by atoms with Crippen LogP contribution in [0.1, 0.15) is 13.8 Å². The topological polar surface area (TPSA) is 43.9 Å². The lowest BCUT2D eigenvalue weighted by atomic mass is 10.2. The second-order valence-corrected chi connectivity index (χ2v) is 6.09. The minimum atomic E-state index is 0.0455. The summed E-state index contributed by atoms with van der Waals surface area (Å²) >= 11 is 1.31. The average molecular weight is 271 g/mol. The number of hydrogen-bond acceptors (Lipinski definition) is 4. The second-order valence-electron chi connectivity index (χ2n) is 5.05. The zero-order valence-electron chi connectivity index (χ0n) is 11.1. The van der Waals surface area contributed by atoms with Gasteiger partial charge in [-0.25, -0.2) is 0 Å². The Balaban J connectivity index is 1.79. The Morgan fingerprint density at radius 2 is 1.89 bits per heavy atom. The number of rotatable bonds is 3. The van der Waals surface area contributed by atoms with Gasteiger partial charge in [0.1, 0.15) is 6.54 Å². The van der Waals surface area contributed by atoms with Gasteiger partial charge in [-0.15, -0.1) is 0 Å². The Labute approximate surface area is 112 Å². The van der Waals surface area contributed by atoms with Gasteiger partial charge in [0.2, 0.25) is 5.91 Å². The summed E-state index contributed by atoms with van der Waals surface area (Å²) in [6.45, 7) is 8.76. The molecule has 0 atom stereocenters. The summed E-state index contributed by atoms with van der Waals surface area (Å²) in [7, 11) is 0. The third kappa shape index (κ3) is 3.17. The van der Waals surface area contributed by atoms with Crippen LogP contribution in [0.3, 0.4) is 0 Å². The molecule has 2 fully saturated rings. The van der Waals surface area contributed by atoms with Gasteiger partial charge in [0.25, 0.3) is 5.24 Å². The minimum Gasteiger partial charge on any atom is -0.339 e. The second kappa shape index (κ2) is 5.93. The smallest absolute Gasteiger partial charge is 0.282 e. The van der Waals surface area contributed by atoms with Crippen LogP contribution in [0.15, 0.2) is 0 Å². The van der Waals surface area contributed by atoms with Crippen LogP contribution in [0.5, 0.6) is 0 Å². The van der Waals surface area contributed by atoms with E-state index in [-0.39, 0.29) is 17.7 Å². The van der Waals surface area contributed by atoms with E-state index < -0.39 is 0 Å². The number of carbonyl (C=O) groups excluding carboxylic acids is 2. The van der Waals surface area contributed by atoms with Gasteiger partial charge >= 0.3 is 0 Å². The molecule has 2 aliphatic heterocycles. The van der Waals surface area contributed by atoms with Gasteiger partial charge in [-0.3, -0.25) is 14.5 Å². The van der Waals surface area contributed by atoms with Crippen molar-refractivity contribution in [1.29, 1.82) is 0 Å². The fraction of sp³-hybridized carbons (Fsp3) is 0.833. The SMILES string of the molecule is CC(C)N1CCN(C(=O)CN2CCSC2=O)CC1. The van der Waals surface area contributed by atoms with Gasteiger partial charge in [-0.2, -0.15) is 0 Å². The largest absolute Gasteiger partial charge is 0.339 e. The van der Waals surface area contributed by atoms with Gasteiger partial charge in [0.15, 0.2) is 0 Å². The van der Waals surface area contributed by atoms with Gasteiger partial charge in [0, 0.05) is 44.5 Å². The van der Waals surface area contributed by atoms with E-state index in [1.54, 1.807) is 4.90 Å². The molecule has 2 rings (SSSR count). The molecule has 2 aliphatic rings. The molecule has 0 aromatic rings. The van der Waals surface area contributed by atoms with E-state index in [0.29, 0.717) is 12.6 Å². The molecule has 0 bridgehead atoms. The van der Waals surface area contributed by atoms with Gasteiger partial charge in [-0.1, -0.05) is 11.8 Å². The monoisotopic (exact) mass is 271 g/mol. The molecule has 0 aliphatic carbocycles. The molecular weight excluding hydrogens is 250 g/mol. The number of carbonyl (C=O) groups is 2. The van der Waals surface area contributed by atoms with Crippen LogP contribution in [0.2, 0.25) is 0 Å². The fourth-order valence-corrected chi connectivity index (χ4v) is 3.15. The molecule has 0 N–H and O–H groups in total. The molecular formula is C12H21N3O2S. The molecule has 0 spiro atoms. The molecule has 2 heterocycles. The summed E-state index contributed by atoms with van der Waals surface area (Å²) < 4.78 is 0. The van der Waals surface area contributed by atoms with E-state index in [2.05, 4.69) is 18.7 Å². The Morgan fingerprint density at radius 1 is 1.22 bits per heavy atom. The van der Waals surface area contributed by atoms with Crippen LogP contribution in [0.25, 0.3) is 0 Å². The highest BCUT2D eigenvalue weighted by Crippen LogP contribution is 2.17. The summed E-state index contributed by atoms with van der Waals surface area (Å²) in [6, 6.07) is 0.541. The van der Waals surface area contributed by atoms with Crippen LogP contribution in [0.4, 0.5) is 4.79 Å². The lowest BCUT2D eigenvalue weighted by Gasteiger charge is -2.37. The van der Waals surface area contributed by atoms with Crippen molar-refractivity contribution in [2.75, 3.05) is 45.0 Å². The molecule has 0 aromatic carbocycles. The van der Waals surface area contributed by atoms with E-state index in [1.807, 2.05) is 4.90 Å². The van der Waals surface area contributed by atoms with Gasteiger partial charge < -0.3 is 9.80 Å². The third-order valence-corrected chi connectivity index (χ3v) is 4.46. The highest BCUT2D eigenvalue weighted by molar-refractivity contribution is 8.13. The van der Waals surface area contributed by atoms with Crippen molar-refractivity contribution in [3.63, 3.8) is 0 Å². The number of piperazine rings is 1. The van der Waals surface area contributed by atoms with Crippen LogP contribution < -0.4 is 0 Å². The first kappa shape index (κ1) is 13.7. The standard InChI is InChI=1S/C12H21N3O2S/c1-10(2)13-3-5-14(6-4-13)11(16)9-15-7-8-18-12(15)17/h10H,3-9H2,1-2H3. The predicted octanol–water partition coefficient (Wildman–Crippen LogP) is 0.708. The molecule has 0 unspecified atom stereocenters. The molecule has 102 valence electrons. The highest BCUT2D eigenvalue weighted by Gasteiger charge is 2.27. The number of amides is 2. The zero-order chi connectivity index (χ0) is 13.1. The lowest BCUT2D eigenvalue weighted by molar-refractivity contribution is -0.133. The first-order chi connectivity index (χ1) is 8.58. The quantitative estimate of drug-likeness (QED) is 0.758. The molecule has 2 amide bonds. The average Bonchev–Trinajstić information content (AvgIpc) is 2.75. The Kier molecular flexibility index (Phi) is 4.50. The van der Waals surface area contributed by atoms with E-state index in [9.17, 15) is 9.59 Å². The van der Waals surface area contributed by atoms with Crippen LogP contribution in [-0.4, -0.2) is 76.9 Å². The van der Waals surface area contributed by atoms with Crippen molar-refractivity contribution in [2.45, 2.75) is 19.9 Å². The molecule has 0 radical (unpaired) electrons. The molecule has 5 nitrogen and oxygen atoms in total. The van der Waals surface area contributed by atoms with E-state index in [1.165, 1.54) is 11.8 Å². The Morgan fingerprint density at radius 3 is 2.39 bits per heavy atom. The summed E-state index contributed by atoms with van der Waals surface area (Å²) in [4.78, 5) is 29.4. The molecule has 18 heavy (non-hydrogen) atoms. The lowest BCUT2D eigenvalue weighted by Crippen LogP contribution is -2.52. The summed E-state index contributed by atoms with van der Waals surface area (Å²) in [6.07, 6.45) is 0. The predicted molar refractivity (Wildman–Crippen MR) is 72.7 cm³/mol. The maximum atomic E-state index is 12.1. The van der Waals surface area contributed by atoms with Crippen molar-refractivity contribution >= 4 is 22.9 Å². The number of nitrogens with zero attached hydrogens (tertiary/aromatic N) is 3. The van der Waals surface area contributed by atoms with Crippen molar-refractivity contribution in [3.05, 3.63) is 0 Å². The van der Waals surface area contributed by atoms with Crippen LogP contribution in [-0.2, 0) is 4.79 Å². The van der Waals surface area contributed by atoms with E-state index >= 15 is 0 Å². The third-order valence-electron chi connectivity index (χ3n) is 3.57. The van der Waals surface area contributed by atoms with Gasteiger partial charge in [0.05, 0.1) is 0 Å². The van der Waals surface area contributed by atoms with Crippen LogP contribution >= 0.6 is 11.8 Å². The van der Waals surface area contributed by atoms with Crippen molar-refractivity contribution in [1.82, 2.24) is 14.7 Å². The summed E-state index contributed by atoms with van der Waals surface area (Å²) in [5.41, 5.74) is 0. The first-order valence-corrected chi connectivity index (χ1v) is 7.50. The zero-order valence-corrected chi connectivity index (χ0v) is 11.9. The Bertz CT molecular complexity index is 327. The van der Waals surface area contributed by atoms with E-state index in [4.69, 9.17) is 0 Å². The van der Waals surface area contributed by atoms with Crippen LogP contribution in [0, 0.1) is 0 Å². The molecule has 0 aromatic heterocycles. The van der Waals surface area contributed by atoms with Crippen molar-refractivity contribution < 1.29 is 9.59 Å². The normalized spacial score (nSPS) is 22.1. The van der Waals surface area contributed by atoms with Gasteiger partial charge in [-0.05, 0) is 13.8 Å². The maximum absolute atomic E-state index is 12.1.